The van der Waals surface area contributed by atoms with Crippen molar-refractivity contribution in [3.05, 3.63) is 11.9 Å². The molecule has 1 heterocycles. The average molecular weight is 265 g/mol. The van der Waals surface area contributed by atoms with E-state index in [1.807, 2.05) is 0 Å². The van der Waals surface area contributed by atoms with E-state index >= 15 is 0 Å². The van der Waals surface area contributed by atoms with E-state index in [1.165, 1.54) is 18.0 Å². The fourth-order valence-corrected chi connectivity index (χ4v) is 1.77. The second-order valence-corrected chi connectivity index (χ2v) is 4.17. The first-order valence-corrected chi connectivity index (χ1v) is 5.74. The van der Waals surface area contributed by atoms with Gasteiger partial charge in [0, 0.05) is 6.04 Å². The minimum absolute atomic E-state index is 0.0156. The molecule has 0 aromatic carbocycles. The fourth-order valence-electron chi connectivity index (χ4n) is 1.77. The number of hydrogen-bond donors (Lipinski definition) is 1. The van der Waals surface area contributed by atoms with Crippen molar-refractivity contribution in [3.8, 4) is 5.75 Å². The summed E-state index contributed by atoms with van der Waals surface area (Å²) in [6, 6.07) is -1.95. The van der Waals surface area contributed by atoms with Gasteiger partial charge >= 0.3 is 6.18 Å². The van der Waals surface area contributed by atoms with Crippen molar-refractivity contribution < 1.29 is 17.9 Å². The molecule has 0 aliphatic heterocycles. The first-order chi connectivity index (χ1) is 8.32. The highest BCUT2D eigenvalue weighted by atomic mass is 19.4. The van der Waals surface area contributed by atoms with E-state index in [4.69, 9.17) is 4.74 Å². The number of hydrogen-bond acceptors (Lipinski definition) is 3. The molecule has 0 bridgehead atoms. The Morgan fingerprint density at radius 3 is 2.44 bits per heavy atom. The Bertz CT molecular complexity index is 387. The van der Waals surface area contributed by atoms with Crippen LogP contribution in [0, 0.1) is 0 Å². The van der Waals surface area contributed by atoms with Gasteiger partial charge in [0.1, 0.15) is 11.7 Å². The molecule has 4 nitrogen and oxygen atoms in total. The molecule has 0 aliphatic carbocycles. The molecule has 1 aromatic rings. The van der Waals surface area contributed by atoms with Crippen molar-refractivity contribution in [2.45, 2.75) is 39.0 Å². The third-order valence-corrected chi connectivity index (χ3v) is 2.52. The van der Waals surface area contributed by atoms with Gasteiger partial charge in [0.2, 0.25) is 0 Å². The predicted octanol–water partition coefficient (Wildman–Crippen LogP) is 2.69. The Hall–Kier alpha value is -1.24. The van der Waals surface area contributed by atoms with Crippen LogP contribution in [0.2, 0.25) is 0 Å². The van der Waals surface area contributed by atoms with Gasteiger partial charge in [-0.2, -0.15) is 18.3 Å². The highest BCUT2D eigenvalue weighted by Crippen LogP contribution is 2.38. The van der Waals surface area contributed by atoms with Crippen molar-refractivity contribution >= 4 is 0 Å². The normalized spacial score (nSPS) is 14.0. The van der Waals surface area contributed by atoms with Crippen molar-refractivity contribution in [1.82, 2.24) is 15.1 Å². The van der Waals surface area contributed by atoms with Crippen LogP contribution in [0.15, 0.2) is 6.20 Å². The summed E-state index contributed by atoms with van der Waals surface area (Å²) >= 11 is 0. The van der Waals surface area contributed by atoms with Crippen molar-refractivity contribution in [2.75, 3.05) is 13.7 Å². The zero-order valence-corrected chi connectivity index (χ0v) is 10.9. The zero-order valence-electron chi connectivity index (χ0n) is 10.9. The van der Waals surface area contributed by atoms with Crippen LogP contribution in [0.25, 0.3) is 0 Å². The summed E-state index contributed by atoms with van der Waals surface area (Å²) in [5, 5.41) is 6.38. The number of ether oxygens (including phenoxy) is 1. The van der Waals surface area contributed by atoms with Crippen LogP contribution in [0.4, 0.5) is 13.2 Å². The summed E-state index contributed by atoms with van der Waals surface area (Å²) in [6.45, 7) is 5.38. The molecule has 0 saturated heterocycles. The lowest BCUT2D eigenvalue weighted by molar-refractivity contribution is -0.159. The van der Waals surface area contributed by atoms with Crippen LogP contribution in [0.1, 0.15) is 38.5 Å². The van der Waals surface area contributed by atoms with Crippen LogP contribution >= 0.6 is 0 Å². The third kappa shape index (κ3) is 2.95. The van der Waals surface area contributed by atoms with Gasteiger partial charge in [0.05, 0.1) is 13.3 Å². The standard InChI is InChI=1S/C11H18F3N3O/c1-5-15-10(11(12,13)14)9-8(18-4)6-16-17(9)7(2)3/h6-7,10,15H,5H2,1-4H3. The highest BCUT2D eigenvalue weighted by molar-refractivity contribution is 5.30. The van der Waals surface area contributed by atoms with Crippen LogP contribution < -0.4 is 10.1 Å². The quantitative estimate of drug-likeness (QED) is 0.889. The molecule has 18 heavy (non-hydrogen) atoms. The summed E-state index contributed by atoms with van der Waals surface area (Å²) in [6.07, 6.45) is -3.08. The number of aromatic nitrogens is 2. The van der Waals surface area contributed by atoms with Crippen LogP contribution in [-0.4, -0.2) is 29.6 Å². The van der Waals surface area contributed by atoms with Gasteiger partial charge in [-0.25, -0.2) is 0 Å². The molecule has 1 rings (SSSR count). The monoisotopic (exact) mass is 265 g/mol. The summed E-state index contributed by atoms with van der Waals surface area (Å²) in [5.41, 5.74) is 0.0156. The maximum absolute atomic E-state index is 13.1. The minimum Gasteiger partial charge on any atom is -0.493 e. The largest absolute Gasteiger partial charge is 0.493 e. The molecule has 0 aliphatic rings. The van der Waals surface area contributed by atoms with E-state index in [1.54, 1.807) is 20.8 Å². The molecule has 0 radical (unpaired) electrons. The first kappa shape index (κ1) is 14.8. The first-order valence-electron chi connectivity index (χ1n) is 5.74. The van der Waals surface area contributed by atoms with Crippen LogP contribution in [0.3, 0.4) is 0 Å². The van der Waals surface area contributed by atoms with Crippen LogP contribution in [0.5, 0.6) is 5.75 Å². The molecule has 1 aromatic heterocycles. The molecule has 0 amide bonds. The second-order valence-electron chi connectivity index (χ2n) is 4.17. The molecule has 1 N–H and O–H groups in total. The summed E-state index contributed by atoms with van der Waals surface area (Å²) in [7, 11) is 1.34. The Labute approximate surface area is 104 Å². The van der Waals surface area contributed by atoms with Gasteiger partial charge in [-0.1, -0.05) is 6.92 Å². The molecule has 1 atom stereocenters. The van der Waals surface area contributed by atoms with Gasteiger partial charge in [-0.3, -0.25) is 4.68 Å². The second kappa shape index (κ2) is 5.60. The topological polar surface area (TPSA) is 39.1 Å². The number of nitrogens with one attached hydrogen (secondary N) is 1. The Balaban J connectivity index is 3.29. The molecule has 0 fully saturated rings. The molecule has 7 heteroatoms. The van der Waals surface area contributed by atoms with Gasteiger partial charge in [0.25, 0.3) is 0 Å². The lowest BCUT2D eigenvalue weighted by atomic mass is 10.1. The lowest BCUT2D eigenvalue weighted by Crippen LogP contribution is -2.36. The maximum atomic E-state index is 13.1. The molecule has 0 spiro atoms. The van der Waals surface area contributed by atoms with Crippen molar-refractivity contribution in [1.29, 1.82) is 0 Å². The van der Waals surface area contributed by atoms with E-state index in [2.05, 4.69) is 10.4 Å². The van der Waals surface area contributed by atoms with E-state index in [0.29, 0.717) is 0 Å². The number of alkyl halides is 3. The Kier molecular flexibility index (Phi) is 4.61. The Morgan fingerprint density at radius 2 is 2.06 bits per heavy atom. The SMILES string of the molecule is CCNC(c1c(OC)cnn1C(C)C)C(F)(F)F. The number of rotatable bonds is 5. The van der Waals surface area contributed by atoms with E-state index in [9.17, 15) is 13.2 Å². The smallest absolute Gasteiger partial charge is 0.409 e. The molecule has 104 valence electrons. The van der Waals surface area contributed by atoms with E-state index in [-0.39, 0.29) is 24.0 Å². The zero-order chi connectivity index (χ0) is 13.9. The van der Waals surface area contributed by atoms with E-state index < -0.39 is 12.2 Å². The molecular formula is C11H18F3N3O. The van der Waals surface area contributed by atoms with Gasteiger partial charge in [-0.05, 0) is 20.4 Å². The molecule has 1 unspecified atom stereocenters. The van der Waals surface area contributed by atoms with Crippen molar-refractivity contribution in [3.63, 3.8) is 0 Å². The van der Waals surface area contributed by atoms with Crippen LogP contribution in [-0.2, 0) is 0 Å². The van der Waals surface area contributed by atoms with Gasteiger partial charge < -0.3 is 10.1 Å². The number of halogens is 3. The average Bonchev–Trinajstić information content (AvgIpc) is 2.67. The number of nitrogens with zero attached hydrogens (tertiary/aromatic N) is 2. The van der Waals surface area contributed by atoms with E-state index in [0.717, 1.165) is 0 Å². The molecular weight excluding hydrogens is 247 g/mol. The summed E-state index contributed by atoms with van der Waals surface area (Å²) in [5.74, 6) is 0.145. The maximum Gasteiger partial charge on any atom is 0.409 e. The highest BCUT2D eigenvalue weighted by Gasteiger charge is 2.44. The lowest BCUT2D eigenvalue weighted by Gasteiger charge is -2.24. The van der Waals surface area contributed by atoms with Crippen molar-refractivity contribution in [2.24, 2.45) is 0 Å². The fraction of sp³-hybridized carbons (Fsp3) is 0.727. The summed E-state index contributed by atoms with van der Waals surface area (Å²) in [4.78, 5) is 0. The minimum atomic E-state index is -4.39. The van der Waals surface area contributed by atoms with Gasteiger partial charge in [-0.15, -0.1) is 0 Å². The van der Waals surface area contributed by atoms with Gasteiger partial charge in [0.15, 0.2) is 5.75 Å². The molecule has 0 saturated carbocycles. The number of methoxy groups -OCH3 is 1. The predicted molar refractivity (Wildman–Crippen MR) is 61.6 cm³/mol. The summed E-state index contributed by atoms with van der Waals surface area (Å²) < 4.78 is 45.5. The third-order valence-electron chi connectivity index (χ3n) is 2.52. The Morgan fingerprint density at radius 1 is 1.44 bits per heavy atom.